The Kier molecular flexibility index (Phi) is 6.04. The zero-order chi connectivity index (χ0) is 17.6. The number of hydrogen-bond acceptors (Lipinski definition) is 4. The maximum absolute atomic E-state index is 12.9. The largest absolute Gasteiger partial charge is 0.379 e. The van der Waals surface area contributed by atoms with Crippen LogP contribution in [0.15, 0.2) is 30.3 Å². The van der Waals surface area contributed by atoms with Gasteiger partial charge in [0.25, 0.3) is 0 Å². The molecule has 0 N–H and O–H groups in total. The lowest BCUT2D eigenvalue weighted by Gasteiger charge is -2.28. The van der Waals surface area contributed by atoms with E-state index in [1.165, 1.54) is 0 Å². The second kappa shape index (κ2) is 8.45. The van der Waals surface area contributed by atoms with Crippen molar-refractivity contribution in [1.29, 1.82) is 0 Å². The first-order valence-corrected chi connectivity index (χ1v) is 9.13. The average molecular weight is 345 g/mol. The molecule has 0 spiro atoms. The second-order valence-corrected chi connectivity index (χ2v) is 6.61. The Hall–Kier alpha value is -1.92. The first-order chi connectivity index (χ1) is 12.2. The minimum Gasteiger partial charge on any atom is -0.379 e. The number of morpholine rings is 1. The van der Waals surface area contributed by atoms with E-state index in [0.29, 0.717) is 26.1 Å². The molecule has 136 valence electrons. The molecule has 0 aromatic heterocycles. The fourth-order valence-corrected chi connectivity index (χ4v) is 3.53. The summed E-state index contributed by atoms with van der Waals surface area (Å²) in [5.41, 5.74) is 0.897. The van der Waals surface area contributed by atoms with Crippen LogP contribution in [0.2, 0.25) is 0 Å². The quantitative estimate of drug-likeness (QED) is 0.778. The normalized spacial score (nSPS) is 21.6. The molecule has 1 aromatic carbocycles. The molecule has 6 heteroatoms. The monoisotopic (exact) mass is 345 g/mol. The predicted molar refractivity (Wildman–Crippen MR) is 96.4 cm³/mol. The van der Waals surface area contributed by atoms with Gasteiger partial charge in [-0.3, -0.25) is 14.5 Å². The molecule has 0 radical (unpaired) electrons. The van der Waals surface area contributed by atoms with E-state index < -0.39 is 0 Å². The van der Waals surface area contributed by atoms with Crippen LogP contribution < -0.4 is 4.90 Å². The summed E-state index contributed by atoms with van der Waals surface area (Å²) >= 11 is 0. The lowest BCUT2D eigenvalue weighted by atomic mass is 10.1. The molecule has 6 nitrogen and oxygen atoms in total. The number of para-hydroxylation sites is 1. The molecular formula is C19H27N3O3. The highest BCUT2D eigenvalue weighted by Gasteiger charge is 2.36. The van der Waals surface area contributed by atoms with E-state index in [1.807, 2.05) is 42.2 Å². The number of likely N-dealkylation sites (tertiary alicyclic amines) is 1. The van der Waals surface area contributed by atoms with Gasteiger partial charge in [0.1, 0.15) is 0 Å². The van der Waals surface area contributed by atoms with Gasteiger partial charge in [-0.15, -0.1) is 0 Å². The van der Waals surface area contributed by atoms with Crippen molar-refractivity contribution in [2.24, 2.45) is 5.92 Å². The van der Waals surface area contributed by atoms with Gasteiger partial charge in [-0.25, -0.2) is 0 Å². The van der Waals surface area contributed by atoms with Crippen molar-refractivity contribution in [3.05, 3.63) is 30.3 Å². The third-order valence-corrected chi connectivity index (χ3v) is 5.00. The fourth-order valence-electron chi connectivity index (χ4n) is 3.53. The number of carbonyl (C=O) groups is 2. The van der Waals surface area contributed by atoms with Crippen LogP contribution in [0.1, 0.15) is 13.3 Å². The molecule has 2 fully saturated rings. The van der Waals surface area contributed by atoms with Gasteiger partial charge in [-0.1, -0.05) is 18.2 Å². The highest BCUT2D eigenvalue weighted by atomic mass is 16.5. The minimum atomic E-state index is -0.239. The smallest absolute Gasteiger partial charge is 0.232 e. The summed E-state index contributed by atoms with van der Waals surface area (Å²) in [5.74, 6) is -0.0935. The molecule has 3 rings (SSSR count). The van der Waals surface area contributed by atoms with Crippen molar-refractivity contribution >= 4 is 17.5 Å². The predicted octanol–water partition coefficient (Wildman–Crippen LogP) is 1.22. The van der Waals surface area contributed by atoms with Crippen LogP contribution in [0.4, 0.5) is 5.69 Å². The van der Waals surface area contributed by atoms with Gasteiger partial charge in [0, 0.05) is 51.4 Å². The molecule has 2 amide bonds. The van der Waals surface area contributed by atoms with Gasteiger partial charge in [0.15, 0.2) is 0 Å². The highest BCUT2D eigenvalue weighted by molar-refractivity contribution is 5.98. The topological polar surface area (TPSA) is 53.1 Å². The number of ether oxygens (including phenoxy) is 1. The maximum atomic E-state index is 12.9. The Labute approximate surface area is 149 Å². The minimum absolute atomic E-state index is 0.0518. The molecule has 2 saturated heterocycles. The zero-order valence-electron chi connectivity index (χ0n) is 14.9. The molecule has 2 heterocycles. The molecule has 0 saturated carbocycles. The molecule has 1 atom stereocenters. The lowest BCUT2D eigenvalue weighted by Crippen LogP contribution is -2.42. The van der Waals surface area contributed by atoms with E-state index in [0.717, 1.165) is 38.5 Å². The van der Waals surface area contributed by atoms with E-state index in [4.69, 9.17) is 4.74 Å². The maximum Gasteiger partial charge on any atom is 0.232 e. The van der Waals surface area contributed by atoms with Crippen LogP contribution in [0.25, 0.3) is 0 Å². The zero-order valence-corrected chi connectivity index (χ0v) is 14.9. The Morgan fingerprint density at radius 1 is 1.20 bits per heavy atom. The van der Waals surface area contributed by atoms with E-state index in [1.54, 1.807) is 4.90 Å². The van der Waals surface area contributed by atoms with Crippen LogP contribution in [0.3, 0.4) is 0 Å². The van der Waals surface area contributed by atoms with Crippen LogP contribution in [0, 0.1) is 5.92 Å². The number of amides is 2. The van der Waals surface area contributed by atoms with Crippen molar-refractivity contribution in [2.75, 3.05) is 57.4 Å². The molecule has 2 aliphatic rings. The molecule has 25 heavy (non-hydrogen) atoms. The third-order valence-electron chi connectivity index (χ3n) is 5.00. The van der Waals surface area contributed by atoms with Gasteiger partial charge in [-0.2, -0.15) is 0 Å². The van der Waals surface area contributed by atoms with Crippen LogP contribution >= 0.6 is 0 Å². The summed E-state index contributed by atoms with van der Waals surface area (Å²) in [7, 11) is 0. The Morgan fingerprint density at radius 2 is 1.92 bits per heavy atom. The Balaban J connectivity index is 1.56. The molecule has 0 bridgehead atoms. The summed E-state index contributed by atoms with van der Waals surface area (Å²) in [4.78, 5) is 31.2. The summed E-state index contributed by atoms with van der Waals surface area (Å²) < 4.78 is 5.35. The van der Waals surface area contributed by atoms with E-state index >= 15 is 0 Å². The van der Waals surface area contributed by atoms with Gasteiger partial charge >= 0.3 is 0 Å². The van der Waals surface area contributed by atoms with Crippen LogP contribution in [-0.2, 0) is 14.3 Å². The molecule has 0 aliphatic carbocycles. The number of rotatable bonds is 6. The van der Waals surface area contributed by atoms with Gasteiger partial charge < -0.3 is 14.5 Å². The molecular weight excluding hydrogens is 318 g/mol. The van der Waals surface area contributed by atoms with Crippen molar-refractivity contribution in [3.8, 4) is 0 Å². The fraction of sp³-hybridized carbons (Fsp3) is 0.579. The van der Waals surface area contributed by atoms with Gasteiger partial charge in [0.2, 0.25) is 11.8 Å². The highest BCUT2D eigenvalue weighted by Crippen LogP contribution is 2.23. The number of hydrogen-bond donors (Lipinski definition) is 0. The molecule has 1 aromatic rings. The number of anilines is 1. The number of nitrogens with zero attached hydrogens (tertiary/aromatic N) is 3. The third kappa shape index (κ3) is 4.38. The van der Waals surface area contributed by atoms with Crippen molar-refractivity contribution in [2.45, 2.75) is 13.3 Å². The Morgan fingerprint density at radius 3 is 2.60 bits per heavy atom. The van der Waals surface area contributed by atoms with Crippen molar-refractivity contribution in [1.82, 2.24) is 9.80 Å². The summed E-state index contributed by atoms with van der Waals surface area (Å²) in [5, 5.41) is 0. The summed E-state index contributed by atoms with van der Waals surface area (Å²) in [6.45, 7) is 8.02. The van der Waals surface area contributed by atoms with Gasteiger partial charge in [0.05, 0.1) is 19.1 Å². The first-order valence-electron chi connectivity index (χ1n) is 9.13. The summed E-state index contributed by atoms with van der Waals surface area (Å²) in [6, 6.07) is 9.68. The van der Waals surface area contributed by atoms with Gasteiger partial charge in [-0.05, 0) is 19.1 Å². The Bertz CT molecular complexity index is 587. The van der Waals surface area contributed by atoms with E-state index in [9.17, 15) is 9.59 Å². The van der Waals surface area contributed by atoms with Crippen LogP contribution in [0.5, 0.6) is 0 Å². The van der Waals surface area contributed by atoms with E-state index in [2.05, 4.69) is 4.90 Å². The first kappa shape index (κ1) is 17.9. The van der Waals surface area contributed by atoms with Crippen LogP contribution in [-0.4, -0.2) is 74.1 Å². The van der Waals surface area contributed by atoms with E-state index in [-0.39, 0.29) is 17.7 Å². The SMILES string of the molecule is CCN(C(=O)C1CC(=O)N(CCN2CCOCC2)C1)c1ccccc1. The summed E-state index contributed by atoms with van der Waals surface area (Å²) in [6.07, 6.45) is 0.325. The number of carbonyl (C=O) groups excluding carboxylic acids is 2. The van der Waals surface area contributed by atoms with Crippen molar-refractivity contribution in [3.63, 3.8) is 0 Å². The van der Waals surface area contributed by atoms with Crippen molar-refractivity contribution < 1.29 is 14.3 Å². The lowest BCUT2D eigenvalue weighted by molar-refractivity contribution is -0.128. The molecule has 2 aliphatic heterocycles. The average Bonchev–Trinajstić information content (AvgIpc) is 3.03. The standard InChI is InChI=1S/C19H27N3O3/c1-2-22(17-6-4-3-5-7-17)19(24)16-14-18(23)21(15-16)9-8-20-10-12-25-13-11-20/h3-7,16H,2,8-15H2,1H3. The second-order valence-electron chi connectivity index (χ2n) is 6.61. The molecule has 1 unspecified atom stereocenters. The number of benzene rings is 1.